The molecule has 148 valence electrons. The molecule has 1 aliphatic heterocycles. The van der Waals surface area contributed by atoms with Crippen LogP contribution in [0.2, 0.25) is 0 Å². The number of rotatable bonds is 5. The minimum absolute atomic E-state index is 0.139. The predicted octanol–water partition coefficient (Wildman–Crippen LogP) is 2.79. The Morgan fingerprint density at radius 3 is 2.48 bits per heavy atom. The first kappa shape index (κ1) is 20.2. The van der Waals surface area contributed by atoms with Gasteiger partial charge in [0.2, 0.25) is 0 Å². The fourth-order valence-electron chi connectivity index (χ4n) is 3.18. The monoisotopic (exact) mass is 389 g/mol. The molecule has 0 saturated heterocycles. The summed E-state index contributed by atoms with van der Waals surface area (Å²) in [5.41, 5.74) is 3.93. The Hall–Kier alpha value is -3.59. The van der Waals surface area contributed by atoms with Crippen LogP contribution in [-0.4, -0.2) is 44.0 Å². The van der Waals surface area contributed by atoms with Gasteiger partial charge in [0.05, 0.1) is 0 Å². The van der Waals surface area contributed by atoms with Crippen molar-refractivity contribution in [3.63, 3.8) is 0 Å². The van der Waals surface area contributed by atoms with Crippen LogP contribution < -0.4 is 4.90 Å². The van der Waals surface area contributed by atoms with E-state index in [1.807, 2.05) is 67.5 Å². The molecule has 0 atom stereocenters. The van der Waals surface area contributed by atoms with Crippen molar-refractivity contribution in [2.75, 3.05) is 32.1 Å². The molecule has 1 aliphatic rings. The van der Waals surface area contributed by atoms with E-state index in [1.54, 1.807) is 4.90 Å². The zero-order valence-corrected chi connectivity index (χ0v) is 16.6. The van der Waals surface area contributed by atoms with Crippen LogP contribution in [0.1, 0.15) is 16.7 Å². The molecule has 0 bridgehead atoms. The molecule has 0 N–H and O–H groups in total. The molecule has 1 amide bonds. The molecule has 0 unspecified atom stereocenters. The summed E-state index contributed by atoms with van der Waals surface area (Å²) in [5.74, 6) is -1.06. The maximum absolute atomic E-state index is 12.4. The van der Waals surface area contributed by atoms with Crippen molar-refractivity contribution in [3.8, 4) is 6.07 Å². The standard InChI is InChI=1S/C23H23N3O3/c1-25(2)21-9-7-17(8-10-21)13-20(14-24)23(28)29-16-22(27)26-12-11-18-5-3-4-6-19(18)15-26/h3-10,13H,11-12,15-16H2,1-2H3/b20-13+. The van der Waals surface area contributed by atoms with E-state index in [-0.39, 0.29) is 18.1 Å². The molecular weight excluding hydrogens is 366 g/mol. The van der Waals surface area contributed by atoms with Gasteiger partial charge in [-0.3, -0.25) is 4.79 Å². The first-order chi connectivity index (χ1) is 14.0. The van der Waals surface area contributed by atoms with Crippen LogP contribution in [0.5, 0.6) is 0 Å². The van der Waals surface area contributed by atoms with E-state index in [9.17, 15) is 14.9 Å². The Bertz CT molecular complexity index is 972. The second kappa shape index (κ2) is 9.07. The maximum atomic E-state index is 12.4. The van der Waals surface area contributed by atoms with Gasteiger partial charge in [0.1, 0.15) is 11.6 Å². The number of benzene rings is 2. The van der Waals surface area contributed by atoms with Crippen molar-refractivity contribution < 1.29 is 14.3 Å². The summed E-state index contributed by atoms with van der Waals surface area (Å²) in [6.45, 7) is 0.720. The van der Waals surface area contributed by atoms with Gasteiger partial charge in [-0.1, -0.05) is 36.4 Å². The van der Waals surface area contributed by atoms with Gasteiger partial charge in [-0.25, -0.2) is 4.79 Å². The summed E-state index contributed by atoms with van der Waals surface area (Å²) >= 11 is 0. The zero-order chi connectivity index (χ0) is 20.8. The average molecular weight is 389 g/mol. The van der Waals surface area contributed by atoms with Gasteiger partial charge in [-0.15, -0.1) is 0 Å². The number of nitriles is 1. The topological polar surface area (TPSA) is 73.6 Å². The summed E-state index contributed by atoms with van der Waals surface area (Å²) in [6, 6.07) is 17.3. The lowest BCUT2D eigenvalue weighted by Gasteiger charge is -2.28. The number of amides is 1. The summed E-state index contributed by atoms with van der Waals surface area (Å²) in [6.07, 6.45) is 2.24. The lowest BCUT2D eigenvalue weighted by Crippen LogP contribution is -2.38. The minimum Gasteiger partial charge on any atom is -0.451 e. The smallest absolute Gasteiger partial charge is 0.349 e. The Kier molecular flexibility index (Phi) is 6.30. The lowest BCUT2D eigenvalue weighted by molar-refractivity contribution is -0.149. The summed E-state index contributed by atoms with van der Waals surface area (Å²) in [4.78, 5) is 28.3. The van der Waals surface area contributed by atoms with Crippen molar-refractivity contribution >= 4 is 23.6 Å². The third kappa shape index (κ3) is 5.02. The predicted molar refractivity (Wildman–Crippen MR) is 111 cm³/mol. The fourth-order valence-corrected chi connectivity index (χ4v) is 3.18. The number of hydrogen-bond acceptors (Lipinski definition) is 5. The maximum Gasteiger partial charge on any atom is 0.349 e. The van der Waals surface area contributed by atoms with Crippen LogP contribution in [0.25, 0.3) is 6.08 Å². The Balaban J connectivity index is 1.59. The van der Waals surface area contributed by atoms with Crippen LogP contribution in [0.15, 0.2) is 54.1 Å². The highest BCUT2D eigenvalue weighted by Gasteiger charge is 2.22. The molecule has 1 heterocycles. The average Bonchev–Trinajstić information content (AvgIpc) is 2.75. The van der Waals surface area contributed by atoms with E-state index < -0.39 is 5.97 Å². The Morgan fingerprint density at radius 1 is 1.14 bits per heavy atom. The van der Waals surface area contributed by atoms with Crippen molar-refractivity contribution in [3.05, 3.63) is 70.8 Å². The molecule has 0 aromatic heterocycles. The van der Waals surface area contributed by atoms with Crippen molar-refractivity contribution in [2.45, 2.75) is 13.0 Å². The highest BCUT2D eigenvalue weighted by Crippen LogP contribution is 2.19. The lowest BCUT2D eigenvalue weighted by atomic mass is 10.00. The Labute approximate surface area is 170 Å². The second-order valence-corrected chi connectivity index (χ2v) is 7.07. The second-order valence-electron chi connectivity index (χ2n) is 7.07. The third-order valence-corrected chi connectivity index (χ3v) is 4.87. The molecule has 0 fully saturated rings. The van der Waals surface area contributed by atoms with E-state index in [2.05, 4.69) is 6.07 Å². The highest BCUT2D eigenvalue weighted by atomic mass is 16.5. The van der Waals surface area contributed by atoms with Gasteiger partial charge in [0.15, 0.2) is 6.61 Å². The molecule has 2 aromatic rings. The largest absolute Gasteiger partial charge is 0.451 e. The van der Waals surface area contributed by atoms with E-state index in [4.69, 9.17) is 4.74 Å². The molecule has 0 radical (unpaired) electrons. The van der Waals surface area contributed by atoms with Crippen LogP contribution in [0.4, 0.5) is 5.69 Å². The van der Waals surface area contributed by atoms with Crippen LogP contribution in [0, 0.1) is 11.3 Å². The van der Waals surface area contributed by atoms with Crippen LogP contribution >= 0.6 is 0 Å². The number of carbonyl (C=O) groups is 2. The molecule has 29 heavy (non-hydrogen) atoms. The van der Waals surface area contributed by atoms with E-state index in [1.165, 1.54) is 11.6 Å². The molecule has 6 heteroatoms. The first-order valence-corrected chi connectivity index (χ1v) is 9.39. The van der Waals surface area contributed by atoms with Crippen LogP contribution in [-0.2, 0) is 27.3 Å². The molecule has 2 aromatic carbocycles. The molecule has 6 nitrogen and oxygen atoms in total. The van der Waals surface area contributed by atoms with Crippen molar-refractivity contribution in [2.24, 2.45) is 0 Å². The quantitative estimate of drug-likeness (QED) is 0.447. The van der Waals surface area contributed by atoms with E-state index in [0.717, 1.165) is 17.7 Å². The molecule has 0 aliphatic carbocycles. The number of ether oxygens (including phenoxy) is 1. The van der Waals surface area contributed by atoms with Crippen molar-refractivity contribution in [1.29, 1.82) is 5.26 Å². The molecule has 3 rings (SSSR count). The van der Waals surface area contributed by atoms with Gasteiger partial charge in [-0.2, -0.15) is 5.26 Å². The number of esters is 1. The van der Waals surface area contributed by atoms with E-state index >= 15 is 0 Å². The van der Waals surface area contributed by atoms with Crippen LogP contribution in [0.3, 0.4) is 0 Å². The zero-order valence-electron chi connectivity index (χ0n) is 16.6. The van der Waals surface area contributed by atoms with Crippen molar-refractivity contribution in [1.82, 2.24) is 4.90 Å². The first-order valence-electron chi connectivity index (χ1n) is 9.39. The SMILES string of the molecule is CN(C)c1ccc(/C=C(\C#N)C(=O)OCC(=O)N2CCc3ccccc3C2)cc1. The number of anilines is 1. The molecule has 0 spiro atoms. The minimum atomic E-state index is -0.796. The normalized spacial score (nSPS) is 13.3. The summed E-state index contributed by atoms with van der Waals surface area (Å²) in [5, 5.41) is 9.30. The molecular formula is C23H23N3O3. The number of fused-ring (bicyclic) bond motifs is 1. The highest BCUT2D eigenvalue weighted by molar-refractivity contribution is 5.98. The Morgan fingerprint density at radius 2 is 1.83 bits per heavy atom. The summed E-state index contributed by atoms with van der Waals surface area (Å²) in [7, 11) is 3.86. The number of hydrogen-bond donors (Lipinski definition) is 0. The van der Waals surface area contributed by atoms with E-state index in [0.29, 0.717) is 18.7 Å². The van der Waals surface area contributed by atoms with Gasteiger partial charge in [-0.05, 0) is 41.3 Å². The summed E-state index contributed by atoms with van der Waals surface area (Å²) < 4.78 is 5.10. The number of nitrogens with zero attached hydrogens (tertiary/aromatic N) is 3. The molecule has 0 saturated carbocycles. The van der Waals surface area contributed by atoms with Gasteiger partial charge in [0.25, 0.3) is 5.91 Å². The van der Waals surface area contributed by atoms with Gasteiger partial charge < -0.3 is 14.5 Å². The van der Waals surface area contributed by atoms with Gasteiger partial charge in [0, 0.05) is 32.9 Å². The van der Waals surface area contributed by atoms with Gasteiger partial charge >= 0.3 is 5.97 Å². The third-order valence-electron chi connectivity index (χ3n) is 4.87. The fraction of sp³-hybridized carbons (Fsp3) is 0.261. The number of carbonyl (C=O) groups excluding carboxylic acids is 2.